The number of carboxylic acid groups (broad SMARTS) is 1. The highest BCUT2D eigenvalue weighted by Crippen LogP contribution is 2.21. The van der Waals surface area contributed by atoms with Gasteiger partial charge in [0.2, 0.25) is 0 Å². The molecule has 1 rings (SSSR count). The van der Waals surface area contributed by atoms with Gasteiger partial charge >= 0.3 is 0 Å². The minimum atomic E-state index is -1.77. The summed E-state index contributed by atoms with van der Waals surface area (Å²) in [6.45, 7) is 2.80. The second-order valence-electron chi connectivity index (χ2n) is 4.20. The highest BCUT2D eigenvalue weighted by atomic mass is 16.7. The molecule has 3 N–H and O–H groups in total. The number of aliphatic hydroxyl groups excluding tert-OH is 3. The molecule has 0 radical (unpaired) electrons. The maximum absolute atomic E-state index is 10.7. The summed E-state index contributed by atoms with van der Waals surface area (Å²) in [4.78, 5) is 10.7. The van der Waals surface area contributed by atoms with Gasteiger partial charge < -0.3 is 39.4 Å². The van der Waals surface area contributed by atoms with Crippen molar-refractivity contribution in [1.82, 2.24) is 0 Å². The average molecular weight is 279 g/mol. The van der Waals surface area contributed by atoms with Crippen LogP contribution in [0.3, 0.4) is 0 Å². The van der Waals surface area contributed by atoms with Crippen molar-refractivity contribution in [3.8, 4) is 0 Å². The average Bonchev–Trinajstić information content (AvgIpc) is 2.37. The standard InChI is InChI=1S/C11H20O8/c1-2-3-17-4-5-18-11-8(14)6(12)7(13)9(19-11)10(15)16/h6-9,11-14H,2-5H2,1H3,(H,15,16)/p-1. The van der Waals surface area contributed by atoms with Crippen LogP contribution >= 0.6 is 0 Å². The molecule has 0 spiro atoms. The largest absolute Gasteiger partial charge is 0.547 e. The molecule has 0 bridgehead atoms. The molecule has 0 aromatic rings. The number of carbonyl (C=O) groups is 1. The lowest BCUT2D eigenvalue weighted by molar-refractivity contribution is -0.349. The van der Waals surface area contributed by atoms with Gasteiger partial charge in [0.1, 0.15) is 24.4 Å². The molecule has 8 nitrogen and oxygen atoms in total. The Bertz CT molecular complexity index is 284. The summed E-state index contributed by atoms with van der Waals surface area (Å²) in [7, 11) is 0. The highest BCUT2D eigenvalue weighted by Gasteiger charge is 2.44. The van der Waals surface area contributed by atoms with Crippen molar-refractivity contribution in [1.29, 1.82) is 0 Å². The number of aliphatic hydroxyl groups is 3. The van der Waals surface area contributed by atoms with Gasteiger partial charge in [0.05, 0.1) is 19.2 Å². The molecular formula is C11H19O8-. The second kappa shape index (κ2) is 7.73. The molecule has 0 aromatic carbocycles. The van der Waals surface area contributed by atoms with Crippen LogP contribution in [0.2, 0.25) is 0 Å². The van der Waals surface area contributed by atoms with Crippen molar-refractivity contribution in [2.24, 2.45) is 0 Å². The van der Waals surface area contributed by atoms with E-state index in [0.717, 1.165) is 6.42 Å². The Kier molecular flexibility index (Phi) is 6.63. The Morgan fingerprint density at radius 2 is 1.84 bits per heavy atom. The quantitative estimate of drug-likeness (QED) is 0.420. The summed E-state index contributed by atoms with van der Waals surface area (Å²) in [6.07, 6.45) is -7.25. The predicted molar refractivity (Wildman–Crippen MR) is 58.8 cm³/mol. The summed E-state index contributed by atoms with van der Waals surface area (Å²) in [5.41, 5.74) is 0. The Hall–Kier alpha value is -0.770. The number of ether oxygens (including phenoxy) is 3. The van der Waals surface area contributed by atoms with Gasteiger partial charge in [-0.3, -0.25) is 0 Å². The fraction of sp³-hybridized carbons (Fsp3) is 0.909. The smallest absolute Gasteiger partial charge is 0.187 e. The van der Waals surface area contributed by atoms with Crippen LogP contribution < -0.4 is 5.11 Å². The number of carbonyl (C=O) groups excluding carboxylic acids is 1. The number of aliphatic carboxylic acids is 1. The molecule has 0 aromatic heterocycles. The normalized spacial score (nSPS) is 35.3. The van der Waals surface area contributed by atoms with E-state index in [4.69, 9.17) is 14.2 Å². The monoisotopic (exact) mass is 279 g/mol. The topological polar surface area (TPSA) is 129 Å². The van der Waals surface area contributed by atoms with Crippen molar-refractivity contribution < 1.29 is 39.4 Å². The molecule has 1 heterocycles. The van der Waals surface area contributed by atoms with Gasteiger partial charge in [0, 0.05) is 6.61 Å². The van der Waals surface area contributed by atoms with E-state index in [-0.39, 0.29) is 13.2 Å². The number of hydrogen-bond acceptors (Lipinski definition) is 8. The van der Waals surface area contributed by atoms with Crippen molar-refractivity contribution in [2.45, 2.75) is 44.1 Å². The van der Waals surface area contributed by atoms with E-state index in [1.807, 2.05) is 6.92 Å². The van der Waals surface area contributed by atoms with E-state index in [9.17, 15) is 25.2 Å². The lowest BCUT2D eigenvalue weighted by atomic mass is 9.99. The summed E-state index contributed by atoms with van der Waals surface area (Å²) in [6, 6.07) is 0. The lowest BCUT2D eigenvalue weighted by Gasteiger charge is -2.40. The molecule has 1 saturated heterocycles. The molecule has 5 atom stereocenters. The third kappa shape index (κ3) is 4.37. The molecule has 5 unspecified atom stereocenters. The maximum atomic E-state index is 10.7. The third-order valence-electron chi connectivity index (χ3n) is 2.66. The SMILES string of the molecule is CCCOCCOC1OC(C(=O)[O-])C(O)C(O)C1O. The molecule has 1 aliphatic rings. The van der Waals surface area contributed by atoms with Crippen molar-refractivity contribution >= 4 is 5.97 Å². The minimum absolute atomic E-state index is 0.0598. The summed E-state index contributed by atoms with van der Waals surface area (Å²) >= 11 is 0. The molecule has 112 valence electrons. The zero-order chi connectivity index (χ0) is 14.4. The first-order chi connectivity index (χ1) is 8.99. The molecular weight excluding hydrogens is 260 g/mol. The van der Waals surface area contributed by atoms with Crippen molar-refractivity contribution in [3.63, 3.8) is 0 Å². The van der Waals surface area contributed by atoms with E-state index >= 15 is 0 Å². The van der Waals surface area contributed by atoms with Crippen LogP contribution in [-0.4, -0.2) is 71.8 Å². The van der Waals surface area contributed by atoms with Crippen LogP contribution in [0.25, 0.3) is 0 Å². The van der Waals surface area contributed by atoms with E-state index in [0.29, 0.717) is 6.61 Å². The van der Waals surface area contributed by atoms with Gasteiger partial charge in [0.25, 0.3) is 0 Å². The minimum Gasteiger partial charge on any atom is -0.547 e. The van der Waals surface area contributed by atoms with Crippen LogP contribution in [0.5, 0.6) is 0 Å². The van der Waals surface area contributed by atoms with Crippen LogP contribution in [-0.2, 0) is 19.0 Å². The van der Waals surface area contributed by atoms with Crippen LogP contribution in [0.1, 0.15) is 13.3 Å². The van der Waals surface area contributed by atoms with Gasteiger partial charge in [-0.1, -0.05) is 6.92 Å². The first kappa shape index (κ1) is 16.3. The van der Waals surface area contributed by atoms with Gasteiger partial charge in [-0.05, 0) is 6.42 Å². The van der Waals surface area contributed by atoms with Crippen molar-refractivity contribution in [2.75, 3.05) is 19.8 Å². The summed E-state index contributed by atoms with van der Waals surface area (Å²) in [5.74, 6) is -1.69. The van der Waals surface area contributed by atoms with Crippen LogP contribution in [0.15, 0.2) is 0 Å². The van der Waals surface area contributed by atoms with E-state index in [1.165, 1.54) is 0 Å². The number of rotatable bonds is 7. The zero-order valence-corrected chi connectivity index (χ0v) is 10.6. The fourth-order valence-electron chi connectivity index (χ4n) is 1.65. The van der Waals surface area contributed by atoms with Crippen LogP contribution in [0, 0.1) is 0 Å². The fourth-order valence-corrected chi connectivity index (χ4v) is 1.65. The zero-order valence-electron chi connectivity index (χ0n) is 10.6. The van der Waals surface area contributed by atoms with Crippen molar-refractivity contribution in [3.05, 3.63) is 0 Å². The van der Waals surface area contributed by atoms with E-state index < -0.39 is 36.7 Å². The first-order valence-corrected chi connectivity index (χ1v) is 6.09. The first-order valence-electron chi connectivity index (χ1n) is 6.09. The lowest BCUT2D eigenvalue weighted by Crippen LogP contribution is -2.62. The molecule has 1 fully saturated rings. The predicted octanol–water partition coefficient (Wildman–Crippen LogP) is -3.01. The number of hydrogen-bond donors (Lipinski definition) is 3. The van der Waals surface area contributed by atoms with E-state index in [2.05, 4.69) is 0 Å². The second-order valence-corrected chi connectivity index (χ2v) is 4.20. The molecule has 1 aliphatic heterocycles. The van der Waals surface area contributed by atoms with Crippen LogP contribution in [0.4, 0.5) is 0 Å². The number of carboxylic acids is 1. The summed E-state index contributed by atoms with van der Waals surface area (Å²) < 4.78 is 15.1. The maximum Gasteiger partial charge on any atom is 0.187 e. The molecule has 0 saturated carbocycles. The molecule has 0 amide bonds. The Morgan fingerprint density at radius 3 is 2.42 bits per heavy atom. The van der Waals surface area contributed by atoms with Gasteiger partial charge in [-0.25, -0.2) is 0 Å². The Morgan fingerprint density at radius 1 is 1.16 bits per heavy atom. The Labute approximate surface area is 110 Å². The van der Waals surface area contributed by atoms with Gasteiger partial charge in [-0.15, -0.1) is 0 Å². The Balaban J connectivity index is 2.45. The molecule has 0 aliphatic carbocycles. The van der Waals surface area contributed by atoms with Gasteiger partial charge in [-0.2, -0.15) is 0 Å². The highest BCUT2D eigenvalue weighted by molar-refractivity contribution is 5.71. The third-order valence-corrected chi connectivity index (χ3v) is 2.66. The van der Waals surface area contributed by atoms with Gasteiger partial charge in [0.15, 0.2) is 6.29 Å². The van der Waals surface area contributed by atoms with E-state index in [1.54, 1.807) is 0 Å². The molecule has 8 heteroatoms. The molecule has 19 heavy (non-hydrogen) atoms. The summed E-state index contributed by atoms with van der Waals surface area (Å²) in [5, 5.41) is 39.2.